The van der Waals surface area contributed by atoms with Gasteiger partial charge in [0.15, 0.2) is 0 Å². The van der Waals surface area contributed by atoms with E-state index in [1.165, 1.54) is 10.4 Å². The normalized spacial score (nSPS) is 13.6. The largest absolute Gasteiger partial charge is 0.316 e. The van der Waals surface area contributed by atoms with Crippen molar-refractivity contribution in [2.24, 2.45) is 0 Å². The lowest BCUT2D eigenvalue weighted by Crippen LogP contribution is -2.35. The number of benzene rings is 1. The molecule has 1 N–H and O–H groups in total. The Morgan fingerprint density at radius 2 is 2.10 bits per heavy atom. The molecule has 0 radical (unpaired) electrons. The standard InChI is InChI=1S/C14H23ClN2O2S2/c1-11(7-8-20-4)17(3)21(18,19)13-6-5-12(10-16-2)14(15)9-13/h5-6,9,11,16H,7-8,10H2,1-4H3. The molecule has 1 unspecified atom stereocenters. The minimum absolute atomic E-state index is 0.0433. The van der Waals surface area contributed by atoms with Gasteiger partial charge in [-0.3, -0.25) is 0 Å². The van der Waals surface area contributed by atoms with Gasteiger partial charge in [0.25, 0.3) is 0 Å². The van der Waals surface area contributed by atoms with E-state index in [2.05, 4.69) is 5.32 Å². The van der Waals surface area contributed by atoms with Crippen LogP contribution in [0.1, 0.15) is 18.9 Å². The van der Waals surface area contributed by atoms with Crippen LogP contribution in [0.2, 0.25) is 5.02 Å². The number of rotatable bonds is 8. The molecule has 120 valence electrons. The molecular weight excluding hydrogens is 328 g/mol. The minimum Gasteiger partial charge on any atom is -0.316 e. The van der Waals surface area contributed by atoms with Crippen LogP contribution in [0.5, 0.6) is 0 Å². The number of nitrogens with zero attached hydrogens (tertiary/aromatic N) is 1. The monoisotopic (exact) mass is 350 g/mol. The average Bonchev–Trinajstić information content (AvgIpc) is 2.46. The number of nitrogens with one attached hydrogen (secondary N) is 1. The molecule has 7 heteroatoms. The van der Waals surface area contributed by atoms with Gasteiger partial charge in [-0.15, -0.1) is 0 Å². The second-order valence-electron chi connectivity index (χ2n) is 4.94. The summed E-state index contributed by atoms with van der Waals surface area (Å²) in [6.07, 6.45) is 2.84. The highest BCUT2D eigenvalue weighted by atomic mass is 35.5. The highest BCUT2D eigenvalue weighted by molar-refractivity contribution is 7.98. The summed E-state index contributed by atoms with van der Waals surface area (Å²) in [5.74, 6) is 0.933. The maximum absolute atomic E-state index is 12.6. The summed E-state index contributed by atoms with van der Waals surface area (Å²) in [4.78, 5) is 0.242. The van der Waals surface area contributed by atoms with Crippen LogP contribution >= 0.6 is 23.4 Å². The quantitative estimate of drug-likeness (QED) is 0.783. The van der Waals surface area contributed by atoms with E-state index in [4.69, 9.17) is 11.6 Å². The average molecular weight is 351 g/mol. The molecule has 0 aliphatic heterocycles. The lowest BCUT2D eigenvalue weighted by atomic mass is 10.2. The van der Waals surface area contributed by atoms with Crippen LogP contribution in [-0.2, 0) is 16.6 Å². The van der Waals surface area contributed by atoms with Crippen LogP contribution in [0.25, 0.3) is 0 Å². The summed E-state index contributed by atoms with van der Waals surface area (Å²) in [7, 11) is -0.0612. The molecule has 1 aromatic carbocycles. The maximum Gasteiger partial charge on any atom is 0.243 e. The van der Waals surface area contributed by atoms with Gasteiger partial charge in [0.2, 0.25) is 10.0 Å². The summed E-state index contributed by atoms with van der Waals surface area (Å²) in [6.45, 7) is 2.53. The Kier molecular flexibility index (Phi) is 7.50. The molecule has 0 fully saturated rings. The SMILES string of the molecule is CNCc1ccc(S(=O)(=O)N(C)C(C)CCSC)cc1Cl. The predicted molar refractivity (Wildman–Crippen MR) is 91.6 cm³/mol. The molecule has 0 aromatic heterocycles. The van der Waals surface area contributed by atoms with Gasteiger partial charge in [-0.05, 0) is 50.1 Å². The van der Waals surface area contributed by atoms with Gasteiger partial charge >= 0.3 is 0 Å². The third-order valence-corrected chi connectivity index (χ3v) is 6.39. The molecule has 0 aliphatic carbocycles. The van der Waals surface area contributed by atoms with Crippen molar-refractivity contribution < 1.29 is 8.42 Å². The van der Waals surface area contributed by atoms with E-state index < -0.39 is 10.0 Å². The smallest absolute Gasteiger partial charge is 0.243 e. The fourth-order valence-corrected chi connectivity index (χ4v) is 4.20. The molecule has 1 atom stereocenters. The number of hydrogen-bond acceptors (Lipinski definition) is 4. The molecule has 0 heterocycles. The fraction of sp³-hybridized carbons (Fsp3) is 0.571. The van der Waals surface area contributed by atoms with E-state index in [0.29, 0.717) is 11.6 Å². The summed E-state index contributed by atoms with van der Waals surface area (Å²) >= 11 is 7.87. The van der Waals surface area contributed by atoms with E-state index in [1.54, 1.807) is 30.9 Å². The third-order valence-electron chi connectivity index (χ3n) is 3.43. The molecule has 0 saturated carbocycles. The van der Waals surface area contributed by atoms with Crippen molar-refractivity contribution in [3.63, 3.8) is 0 Å². The van der Waals surface area contributed by atoms with Crippen molar-refractivity contribution >= 4 is 33.4 Å². The zero-order valence-corrected chi connectivity index (χ0v) is 15.3. The number of halogens is 1. The second kappa shape index (κ2) is 8.39. The molecule has 1 rings (SSSR count). The Morgan fingerprint density at radius 3 is 2.62 bits per heavy atom. The first kappa shape index (κ1) is 18.8. The zero-order valence-electron chi connectivity index (χ0n) is 12.9. The van der Waals surface area contributed by atoms with Crippen molar-refractivity contribution in [2.45, 2.75) is 30.8 Å². The minimum atomic E-state index is -3.50. The van der Waals surface area contributed by atoms with Crippen molar-refractivity contribution in [1.29, 1.82) is 0 Å². The molecular formula is C14H23ClN2O2S2. The van der Waals surface area contributed by atoms with Crippen LogP contribution in [0.3, 0.4) is 0 Å². The Labute approximate surface area is 137 Å². The number of hydrogen-bond donors (Lipinski definition) is 1. The first-order valence-corrected chi connectivity index (χ1v) is 9.95. The zero-order chi connectivity index (χ0) is 16.0. The van der Waals surface area contributed by atoms with Crippen molar-refractivity contribution in [2.75, 3.05) is 26.1 Å². The Hall–Kier alpha value is -0.270. The van der Waals surface area contributed by atoms with E-state index in [9.17, 15) is 8.42 Å². The van der Waals surface area contributed by atoms with Gasteiger partial charge in [0.1, 0.15) is 0 Å². The number of thioether (sulfide) groups is 1. The van der Waals surface area contributed by atoms with Gasteiger partial charge in [-0.2, -0.15) is 16.1 Å². The molecule has 4 nitrogen and oxygen atoms in total. The van der Waals surface area contributed by atoms with Crippen molar-refractivity contribution in [3.8, 4) is 0 Å². The lowest BCUT2D eigenvalue weighted by molar-refractivity contribution is 0.382. The highest BCUT2D eigenvalue weighted by Crippen LogP contribution is 2.24. The van der Waals surface area contributed by atoms with Gasteiger partial charge in [-0.1, -0.05) is 17.7 Å². The Balaban J connectivity index is 2.99. The van der Waals surface area contributed by atoms with E-state index in [0.717, 1.165) is 17.7 Å². The van der Waals surface area contributed by atoms with Crippen molar-refractivity contribution in [3.05, 3.63) is 28.8 Å². The first-order chi connectivity index (χ1) is 9.84. The van der Waals surface area contributed by atoms with Crippen LogP contribution in [0.15, 0.2) is 23.1 Å². The van der Waals surface area contributed by atoms with Crippen molar-refractivity contribution in [1.82, 2.24) is 9.62 Å². The van der Waals surface area contributed by atoms with Gasteiger partial charge in [0, 0.05) is 24.7 Å². The third kappa shape index (κ3) is 4.86. The van der Waals surface area contributed by atoms with E-state index in [-0.39, 0.29) is 10.9 Å². The Bertz CT molecular complexity index is 564. The molecule has 0 saturated heterocycles. The summed E-state index contributed by atoms with van der Waals surface area (Å²) in [6, 6.07) is 4.86. The molecule has 0 aliphatic rings. The maximum atomic E-state index is 12.6. The second-order valence-corrected chi connectivity index (χ2v) is 8.33. The predicted octanol–water partition coefficient (Wildman–Crippen LogP) is 2.82. The van der Waals surface area contributed by atoms with Crippen LogP contribution in [0.4, 0.5) is 0 Å². The first-order valence-electron chi connectivity index (χ1n) is 6.74. The van der Waals surface area contributed by atoms with Crippen LogP contribution in [-0.4, -0.2) is 44.9 Å². The number of sulfonamides is 1. The molecule has 0 amide bonds. The van der Waals surface area contributed by atoms with Gasteiger partial charge < -0.3 is 5.32 Å². The summed E-state index contributed by atoms with van der Waals surface area (Å²) < 4.78 is 26.6. The molecule has 21 heavy (non-hydrogen) atoms. The lowest BCUT2D eigenvalue weighted by Gasteiger charge is -2.24. The van der Waals surface area contributed by atoms with Crippen LogP contribution < -0.4 is 5.32 Å². The topological polar surface area (TPSA) is 49.4 Å². The van der Waals surface area contributed by atoms with Gasteiger partial charge in [-0.25, -0.2) is 8.42 Å². The molecule has 1 aromatic rings. The fourth-order valence-electron chi connectivity index (χ4n) is 1.90. The van der Waals surface area contributed by atoms with E-state index in [1.807, 2.05) is 20.2 Å². The Morgan fingerprint density at radius 1 is 1.43 bits per heavy atom. The molecule has 0 spiro atoms. The summed E-state index contributed by atoms with van der Waals surface area (Å²) in [5.41, 5.74) is 0.885. The highest BCUT2D eigenvalue weighted by Gasteiger charge is 2.25. The summed E-state index contributed by atoms with van der Waals surface area (Å²) in [5, 5.41) is 3.47. The molecule has 0 bridgehead atoms. The van der Waals surface area contributed by atoms with Crippen LogP contribution in [0, 0.1) is 0 Å². The van der Waals surface area contributed by atoms with E-state index >= 15 is 0 Å². The van der Waals surface area contributed by atoms with Gasteiger partial charge in [0.05, 0.1) is 4.90 Å².